The second-order valence-electron chi connectivity index (χ2n) is 8.93. The van der Waals surface area contributed by atoms with E-state index in [4.69, 9.17) is 27.6 Å². The van der Waals surface area contributed by atoms with Crippen LogP contribution in [-0.4, -0.2) is 36.3 Å². The molecule has 0 aromatic carbocycles. The van der Waals surface area contributed by atoms with Gasteiger partial charge >= 0.3 is 18.2 Å². The van der Waals surface area contributed by atoms with Crippen molar-refractivity contribution < 1.29 is 36.0 Å². The molecule has 8 nitrogen and oxygen atoms in total. The van der Waals surface area contributed by atoms with E-state index >= 15 is 0 Å². The standard InChI is InChI=1S/C24H50O4S.H3O4P/c1-3-5-7-9-11-13-15-17-19-21-23-27-29(25,26)28-24-22-20-18-16-14-12-10-8-6-4-2;1-5(2,3)4/h3-24H2,1-2H3;(H3,1,2,3,4). The second-order valence-corrected chi connectivity index (χ2v) is 11.2. The van der Waals surface area contributed by atoms with Crippen LogP contribution in [0, 0.1) is 0 Å². The molecule has 10 heteroatoms. The van der Waals surface area contributed by atoms with Crippen molar-refractivity contribution >= 4 is 18.2 Å². The Kier molecular flexibility index (Phi) is 27.7. The van der Waals surface area contributed by atoms with Gasteiger partial charge in [-0.25, -0.2) is 12.9 Å². The van der Waals surface area contributed by atoms with Crippen molar-refractivity contribution in [1.29, 1.82) is 0 Å². The summed E-state index contributed by atoms with van der Waals surface area (Å²) in [4.78, 5) is 21.6. The van der Waals surface area contributed by atoms with Crippen LogP contribution in [0.2, 0.25) is 0 Å². The summed E-state index contributed by atoms with van der Waals surface area (Å²) in [6.45, 7) is 4.98. The van der Waals surface area contributed by atoms with Gasteiger partial charge in [-0.3, -0.25) is 0 Å². The number of phosphoric acid groups is 1. The zero-order valence-electron chi connectivity index (χ0n) is 21.8. The summed E-state index contributed by atoms with van der Waals surface area (Å²) in [6.07, 6.45) is 24.4. The molecule has 0 heterocycles. The van der Waals surface area contributed by atoms with E-state index in [2.05, 4.69) is 13.8 Å². The van der Waals surface area contributed by atoms with E-state index in [0.29, 0.717) is 0 Å². The normalized spacial score (nSPS) is 11.9. The maximum Gasteiger partial charge on any atom is 0.466 e. The van der Waals surface area contributed by atoms with Crippen molar-refractivity contribution in [2.45, 2.75) is 142 Å². The Labute approximate surface area is 209 Å². The molecule has 0 unspecified atom stereocenters. The first-order valence-electron chi connectivity index (χ1n) is 13.4. The van der Waals surface area contributed by atoms with E-state index in [1.165, 1.54) is 89.9 Å². The molecule has 0 saturated carbocycles. The topological polar surface area (TPSA) is 130 Å². The maximum absolute atomic E-state index is 11.7. The summed E-state index contributed by atoms with van der Waals surface area (Å²) in [5.41, 5.74) is 0. The summed E-state index contributed by atoms with van der Waals surface area (Å²) < 4.78 is 42.2. The van der Waals surface area contributed by atoms with Crippen molar-refractivity contribution in [1.82, 2.24) is 0 Å². The van der Waals surface area contributed by atoms with Crippen LogP contribution in [0.25, 0.3) is 0 Å². The fourth-order valence-corrected chi connectivity index (χ4v) is 4.25. The Bertz CT molecular complexity index is 511. The third-order valence-corrected chi connectivity index (χ3v) is 6.36. The van der Waals surface area contributed by atoms with E-state index in [0.717, 1.165) is 38.5 Å². The SMILES string of the molecule is CCCCCCCCCCCCOS(=O)(=O)OCCCCCCCCCCCC.O=P(O)(O)O. The van der Waals surface area contributed by atoms with E-state index in [-0.39, 0.29) is 13.2 Å². The lowest BCUT2D eigenvalue weighted by atomic mass is 10.1. The molecule has 0 fully saturated rings. The predicted octanol–water partition coefficient (Wildman–Crippen LogP) is 7.18. The van der Waals surface area contributed by atoms with Gasteiger partial charge in [-0.1, -0.05) is 129 Å². The molecule has 0 bridgehead atoms. The van der Waals surface area contributed by atoms with Crippen molar-refractivity contribution in [3.05, 3.63) is 0 Å². The van der Waals surface area contributed by atoms with Gasteiger partial charge < -0.3 is 14.7 Å². The minimum atomic E-state index is -4.64. The molecule has 0 spiro atoms. The highest BCUT2D eigenvalue weighted by molar-refractivity contribution is 7.81. The van der Waals surface area contributed by atoms with Crippen molar-refractivity contribution in [3.63, 3.8) is 0 Å². The van der Waals surface area contributed by atoms with Gasteiger partial charge in [0.05, 0.1) is 13.2 Å². The Morgan fingerprint density at radius 3 is 0.941 bits per heavy atom. The lowest BCUT2D eigenvalue weighted by Gasteiger charge is -2.06. The number of hydrogen-bond donors (Lipinski definition) is 3. The molecule has 0 rings (SSSR count). The van der Waals surface area contributed by atoms with Gasteiger partial charge in [0.2, 0.25) is 0 Å². The summed E-state index contributed by atoms with van der Waals surface area (Å²) in [5.74, 6) is 0. The van der Waals surface area contributed by atoms with Gasteiger partial charge in [-0.05, 0) is 12.8 Å². The molecule has 0 aliphatic carbocycles. The lowest BCUT2D eigenvalue weighted by molar-refractivity contribution is 0.208. The third-order valence-electron chi connectivity index (χ3n) is 5.45. The van der Waals surface area contributed by atoms with Crippen LogP contribution in [0.1, 0.15) is 142 Å². The van der Waals surface area contributed by atoms with Crippen LogP contribution < -0.4 is 0 Å². The predicted molar refractivity (Wildman–Crippen MR) is 139 cm³/mol. The van der Waals surface area contributed by atoms with Gasteiger partial charge in [-0.15, -0.1) is 0 Å². The highest BCUT2D eigenvalue weighted by Crippen LogP contribution is 2.25. The zero-order valence-corrected chi connectivity index (χ0v) is 23.5. The minimum Gasteiger partial charge on any atom is -0.303 e. The van der Waals surface area contributed by atoms with Crippen LogP contribution in [0.15, 0.2) is 0 Å². The fraction of sp³-hybridized carbons (Fsp3) is 1.00. The Morgan fingerprint density at radius 2 is 0.706 bits per heavy atom. The Morgan fingerprint density at radius 1 is 0.500 bits per heavy atom. The lowest BCUT2D eigenvalue weighted by Crippen LogP contribution is -2.12. The van der Waals surface area contributed by atoms with Crippen LogP contribution >= 0.6 is 7.82 Å². The number of hydrogen-bond acceptors (Lipinski definition) is 5. The van der Waals surface area contributed by atoms with Crippen LogP contribution in [0.5, 0.6) is 0 Å². The fourth-order valence-electron chi connectivity index (χ4n) is 3.53. The Hall–Kier alpha value is -0.0200. The van der Waals surface area contributed by atoms with Gasteiger partial charge in [0.25, 0.3) is 0 Å². The first-order chi connectivity index (χ1) is 16.1. The molecule has 0 aromatic rings. The van der Waals surface area contributed by atoms with E-state index < -0.39 is 18.2 Å². The molecule has 34 heavy (non-hydrogen) atoms. The molecule has 0 radical (unpaired) electrons. The zero-order chi connectivity index (χ0) is 26.0. The summed E-state index contributed by atoms with van der Waals surface area (Å²) in [5, 5.41) is 0. The van der Waals surface area contributed by atoms with Crippen molar-refractivity contribution in [2.75, 3.05) is 13.2 Å². The Balaban J connectivity index is 0. The molecule has 0 aromatic heterocycles. The van der Waals surface area contributed by atoms with E-state index in [1.54, 1.807) is 0 Å². The number of rotatable bonds is 24. The number of unbranched alkanes of at least 4 members (excludes halogenated alkanes) is 18. The highest BCUT2D eigenvalue weighted by atomic mass is 32.3. The van der Waals surface area contributed by atoms with Gasteiger partial charge in [0.1, 0.15) is 0 Å². The van der Waals surface area contributed by atoms with Crippen molar-refractivity contribution in [3.8, 4) is 0 Å². The monoisotopic (exact) mass is 532 g/mol. The molecular formula is C24H53O8PS. The molecule has 0 amide bonds. The van der Waals surface area contributed by atoms with Crippen LogP contribution in [0.4, 0.5) is 0 Å². The van der Waals surface area contributed by atoms with Gasteiger partial charge in [0.15, 0.2) is 0 Å². The molecule has 0 atom stereocenters. The highest BCUT2D eigenvalue weighted by Gasteiger charge is 2.11. The first-order valence-corrected chi connectivity index (χ1v) is 16.3. The van der Waals surface area contributed by atoms with E-state index in [1.807, 2.05) is 0 Å². The van der Waals surface area contributed by atoms with E-state index in [9.17, 15) is 8.42 Å². The molecule has 0 saturated heterocycles. The van der Waals surface area contributed by atoms with Crippen LogP contribution in [0.3, 0.4) is 0 Å². The molecule has 208 valence electrons. The molecular weight excluding hydrogens is 479 g/mol. The van der Waals surface area contributed by atoms with Crippen molar-refractivity contribution in [2.24, 2.45) is 0 Å². The molecule has 0 aliphatic heterocycles. The quantitative estimate of drug-likeness (QED) is 0.0880. The first kappa shape index (κ1) is 36.1. The summed E-state index contributed by atoms with van der Waals surface area (Å²) in [7, 11) is -8.44. The second kappa shape index (κ2) is 26.1. The smallest absolute Gasteiger partial charge is 0.303 e. The third kappa shape index (κ3) is 39.2. The minimum absolute atomic E-state index is 0.247. The summed E-state index contributed by atoms with van der Waals surface area (Å²) in [6, 6.07) is 0. The molecule has 3 N–H and O–H groups in total. The van der Waals surface area contributed by atoms with Gasteiger partial charge in [-0.2, -0.15) is 8.42 Å². The average Bonchev–Trinajstić information content (AvgIpc) is 2.74. The summed E-state index contributed by atoms with van der Waals surface area (Å²) >= 11 is 0. The average molecular weight is 533 g/mol. The largest absolute Gasteiger partial charge is 0.466 e. The van der Waals surface area contributed by atoms with Gasteiger partial charge in [0, 0.05) is 0 Å². The molecule has 0 aliphatic rings. The maximum atomic E-state index is 11.7. The van der Waals surface area contributed by atoms with Crippen LogP contribution in [-0.2, 0) is 23.3 Å².